The lowest BCUT2D eigenvalue weighted by molar-refractivity contribution is 0.0940. The molecule has 0 spiro atoms. The summed E-state index contributed by atoms with van der Waals surface area (Å²) in [6, 6.07) is 9.65. The lowest BCUT2D eigenvalue weighted by atomic mass is 10.1. The second-order valence-electron chi connectivity index (χ2n) is 5.30. The highest BCUT2D eigenvalue weighted by Gasteiger charge is 2.20. The Bertz CT molecular complexity index is 601. The molecule has 4 N–H and O–H groups in total. The highest BCUT2D eigenvalue weighted by Crippen LogP contribution is 2.28. The van der Waals surface area contributed by atoms with Crippen LogP contribution in [0.25, 0.3) is 11.3 Å². The van der Waals surface area contributed by atoms with Gasteiger partial charge in [0, 0.05) is 17.6 Å². The predicted molar refractivity (Wildman–Crippen MR) is 82.3 cm³/mol. The zero-order valence-electron chi connectivity index (χ0n) is 11.4. The van der Waals surface area contributed by atoms with Crippen molar-refractivity contribution in [1.29, 1.82) is 0 Å². The standard InChI is InChI=1S/C14H17BrN4O/c1-14(2,16)8-17-13(20)12-10(15)11(18-19-12)9-6-4-3-5-7-9/h3-7H,8,16H2,1-2H3,(H,17,20)(H,18,19). The number of amides is 1. The van der Waals surface area contributed by atoms with Crippen LogP contribution in [0.3, 0.4) is 0 Å². The number of carbonyl (C=O) groups is 1. The van der Waals surface area contributed by atoms with Gasteiger partial charge in [0.05, 0.1) is 4.47 Å². The molecular formula is C14H17BrN4O. The molecule has 0 aliphatic heterocycles. The summed E-state index contributed by atoms with van der Waals surface area (Å²) in [5.74, 6) is -0.231. The van der Waals surface area contributed by atoms with Gasteiger partial charge in [-0.2, -0.15) is 5.10 Å². The van der Waals surface area contributed by atoms with Crippen molar-refractivity contribution in [2.24, 2.45) is 5.73 Å². The number of rotatable bonds is 4. The van der Waals surface area contributed by atoms with Crippen molar-refractivity contribution in [3.8, 4) is 11.3 Å². The van der Waals surface area contributed by atoms with E-state index in [9.17, 15) is 4.79 Å². The number of carbonyl (C=O) groups excluding carboxylic acids is 1. The van der Waals surface area contributed by atoms with E-state index in [1.54, 1.807) is 0 Å². The van der Waals surface area contributed by atoms with E-state index in [2.05, 4.69) is 31.4 Å². The lowest BCUT2D eigenvalue weighted by Crippen LogP contribution is -2.45. The molecule has 2 aromatic rings. The van der Waals surface area contributed by atoms with Crippen molar-refractivity contribution >= 4 is 21.8 Å². The number of nitrogens with one attached hydrogen (secondary N) is 2. The Morgan fingerprint density at radius 1 is 1.40 bits per heavy atom. The van der Waals surface area contributed by atoms with E-state index in [1.807, 2.05) is 44.2 Å². The Morgan fingerprint density at radius 2 is 2.05 bits per heavy atom. The molecule has 0 unspecified atom stereocenters. The Hall–Kier alpha value is -1.66. The van der Waals surface area contributed by atoms with E-state index in [-0.39, 0.29) is 5.91 Å². The molecular weight excluding hydrogens is 320 g/mol. The first-order chi connectivity index (χ1) is 9.38. The number of halogens is 1. The van der Waals surface area contributed by atoms with E-state index < -0.39 is 5.54 Å². The van der Waals surface area contributed by atoms with Gasteiger partial charge in [-0.3, -0.25) is 9.89 Å². The monoisotopic (exact) mass is 336 g/mol. The maximum absolute atomic E-state index is 12.1. The van der Waals surface area contributed by atoms with Crippen LogP contribution in [0.15, 0.2) is 34.8 Å². The minimum absolute atomic E-state index is 0.231. The third-order valence-corrected chi connectivity index (χ3v) is 3.46. The fourth-order valence-electron chi connectivity index (χ4n) is 1.66. The van der Waals surface area contributed by atoms with Gasteiger partial charge in [-0.1, -0.05) is 30.3 Å². The summed E-state index contributed by atoms with van der Waals surface area (Å²) in [4.78, 5) is 12.1. The quantitative estimate of drug-likeness (QED) is 0.800. The number of H-pyrrole nitrogens is 1. The zero-order chi connectivity index (χ0) is 14.8. The summed E-state index contributed by atoms with van der Waals surface area (Å²) in [5.41, 5.74) is 7.44. The van der Waals surface area contributed by atoms with Crippen molar-refractivity contribution < 1.29 is 4.79 Å². The van der Waals surface area contributed by atoms with Gasteiger partial charge in [-0.15, -0.1) is 0 Å². The second kappa shape index (κ2) is 5.76. The van der Waals surface area contributed by atoms with Crippen LogP contribution >= 0.6 is 15.9 Å². The van der Waals surface area contributed by atoms with Gasteiger partial charge in [0.25, 0.3) is 5.91 Å². The number of hydrogen-bond acceptors (Lipinski definition) is 3. The minimum Gasteiger partial charge on any atom is -0.349 e. The first kappa shape index (κ1) is 14.7. The van der Waals surface area contributed by atoms with E-state index >= 15 is 0 Å². The average molecular weight is 337 g/mol. The fraction of sp³-hybridized carbons (Fsp3) is 0.286. The van der Waals surface area contributed by atoms with Crippen molar-refractivity contribution in [3.05, 3.63) is 40.5 Å². The molecule has 0 radical (unpaired) electrons. The molecule has 0 aliphatic carbocycles. The van der Waals surface area contributed by atoms with E-state index in [0.717, 1.165) is 5.56 Å². The summed E-state index contributed by atoms with van der Waals surface area (Å²) >= 11 is 3.42. The van der Waals surface area contributed by atoms with Crippen LogP contribution < -0.4 is 11.1 Å². The average Bonchev–Trinajstić information content (AvgIpc) is 2.78. The molecule has 0 saturated carbocycles. The van der Waals surface area contributed by atoms with Crippen LogP contribution in [0.4, 0.5) is 0 Å². The Kier molecular flexibility index (Phi) is 4.25. The molecule has 6 heteroatoms. The molecule has 2 rings (SSSR count). The number of nitrogens with zero attached hydrogens (tertiary/aromatic N) is 1. The Morgan fingerprint density at radius 3 is 2.65 bits per heavy atom. The summed E-state index contributed by atoms with van der Waals surface area (Å²) in [6.07, 6.45) is 0. The smallest absolute Gasteiger partial charge is 0.270 e. The lowest BCUT2D eigenvalue weighted by Gasteiger charge is -2.18. The molecule has 0 aliphatic rings. The first-order valence-electron chi connectivity index (χ1n) is 6.25. The van der Waals surface area contributed by atoms with Gasteiger partial charge >= 0.3 is 0 Å². The molecule has 0 saturated heterocycles. The van der Waals surface area contributed by atoms with Crippen LogP contribution in [0, 0.1) is 0 Å². The number of nitrogens with two attached hydrogens (primary N) is 1. The van der Waals surface area contributed by atoms with E-state index in [0.29, 0.717) is 22.4 Å². The van der Waals surface area contributed by atoms with Gasteiger partial charge in [0.2, 0.25) is 0 Å². The summed E-state index contributed by atoms with van der Waals surface area (Å²) in [6.45, 7) is 4.09. The predicted octanol–water partition coefficient (Wildman–Crippen LogP) is 2.31. The third-order valence-electron chi connectivity index (χ3n) is 2.69. The van der Waals surface area contributed by atoms with Gasteiger partial charge in [-0.05, 0) is 29.8 Å². The highest BCUT2D eigenvalue weighted by molar-refractivity contribution is 9.10. The van der Waals surface area contributed by atoms with E-state index in [1.165, 1.54) is 0 Å². The van der Waals surface area contributed by atoms with Gasteiger partial charge < -0.3 is 11.1 Å². The largest absolute Gasteiger partial charge is 0.349 e. The number of aromatic amines is 1. The molecule has 20 heavy (non-hydrogen) atoms. The molecule has 106 valence electrons. The van der Waals surface area contributed by atoms with Crippen LogP contribution in [-0.4, -0.2) is 28.2 Å². The molecule has 1 aromatic carbocycles. The van der Waals surface area contributed by atoms with Gasteiger partial charge in [0.1, 0.15) is 11.4 Å². The van der Waals surface area contributed by atoms with Crippen molar-refractivity contribution in [1.82, 2.24) is 15.5 Å². The normalized spacial score (nSPS) is 11.4. The number of hydrogen-bond donors (Lipinski definition) is 3. The zero-order valence-corrected chi connectivity index (χ0v) is 13.0. The van der Waals surface area contributed by atoms with E-state index in [4.69, 9.17) is 5.73 Å². The Balaban J connectivity index is 2.19. The molecule has 5 nitrogen and oxygen atoms in total. The molecule has 1 aromatic heterocycles. The van der Waals surface area contributed by atoms with Gasteiger partial charge in [-0.25, -0.2) is 0 Å². The fourth-order valence-corrected chi connectivity index (χ4v) is 2.25. The topological polar surface area (TPSA) is 83.8 Å². The van der Waals surface area contributed by atoms with Crippen LogP contribution in [0.1, 0.15) is 24.3 Å². The first-order valence-corrected chi connectivity index (χ1v) is 7.04. The van der Waals surface area contributed by atoms with Crippen LogP contribution in [-0.2, 0) is 0 Å². The van der Waals surface area contributed by atoms with Crippen molar-refractivity contribution in [3.63, 3.8) is 0 Å². The highest BCUT2D eigenvalue weighted by atomic mass is 79.9. The van der Waals surface area contributed by atoms with Crippen molar-refractivity contribution in [2.45, 2.75) is 19.4 Å². The summed E-state index contributed by atoms with van der Waals surface area (Å²) < 4.78 is 0.649. The maximum Gasteiger partial charge on any atom is 0.270 e. The van der Waals surface area contributed by atoms with Crippen LogP contribution in [0.5, 0.6) is 0 Å². The molecule has 1 heterocycles. The summed E-state index contributed by atoms with van der Waals surface area (Å²) in [5, 5.41) is 9.73. The SMILES string of the molecule is CC(C)(N)CNC(=O)c1[nH]nc(-c2ccccc2)c1Br. The van der Waals surface area contributed by atoms with Crippen LogP contribution in [0.2, 0.25) is 0 Å². The van der Waals surface area contributed by atoms with Gasteiger partial charge in [0.15, 0.2) is 0 Å². The molecule has 0 bridgehead atoms. The third kappa shape index (κ3) is 3.46. The molecule has 0 atom stereocenters. The minimum atomic E-state index is -0.454. The van der Waals surface area contributed by atoms with Crippen molar-refractivity contribution in [2.75, 3.05) is 6.54 Å². The number of benzene rings is 1. The summed E-state index contributed by atoms with van der Waals surface area (Å²) in [7, 11) is 0. The number of aromatic nitrogens is 2. The maximum atomic E-state index is 12.1. The molecule has 0 fully saturated rings. The molecule has 1 amide bonds. The second-order valence-corrected chi connectivity index (χ2v) is 6.09. The Labute approximate surface area is 126 Å².